The fourth-order valence-corrected chi connectivity index (χ4v) is 1.01. The molecule has 0 heterocycles. The minimum Gasteiger partial charge on any atom is -0.494 e. The number of benzene rings is 1. The van der Waals surface area contributed by atoms with Gasteiger partial charge in [0, 0.05) is 0 Å². The quantitative estimate of drug-likeness (QED) is 0.709. The Morgan fingerprint density at radius 2 is 2.14 bits per heavy atom. The lowest BCUT2D eigenvalue weighted by atomic mass is 10.1. The highest BCUT2D eigenvalue weighted by Crippen LogP contribution is 2.30. The van der Waals surface area contributed by atoms with Crippen LogP contribution in [-0.4, -0.2) is 18.2 Å². The number of aromatic carboxylic acids is 1. The topological polar surface area (TPSA) is 72.5 Å². The normalized spacial score (nSPS) is 9.93. The standard InChI is InChI=1S/C8H7F2NO3/c1-14-7-3(8(12)13)2-4(9)5(10)6(7)11/h2H,11H2,1H3,(H,12,13). The molecule has 14 heavy (non-hydrogen) atoms. The first-order valence-electron chi connectivity index (χ1n) is 3.53. The van der Waals surface area contributed by atoms with Crippen LogP contribution in [0.4, 0.5) is 14.5 Å². The zero-order valence-electron chi connectivity index (χ0n) is 7.17. The smallest absolute Gasteiger partial charge is 0.339 e. The minimum atomic E-state index is -1.44. The summed E-state index contributed by atoms with van der Waals surface area (Å²) in [5.41, 5.74) is 3.97. The molecule has 0 saturated heterocycles. The number of carboxylic acid groups (broad SMARTS) is 1. The number of carboxylic acids is 1. The first-order chi connectivity index (χ1) is 6.49. The number of hydrogen-bond acceptors (Lipinski definition) is 3. The third-order valence-electron chi connectivity index (χ3n) is 1.64. The zero-order chi connectivity index (χ0) is 10.9. The number of halogens is 2. The van der Waals surface area contributed by atoms with Crippen LogP contribution in [0.15, 0.2) is 6.07 Å². The number of nitrogen functional groups attached to an aromatic ring is 1. The van der Waals surface area contributed by atoms with Gasteiger partial charge in [-0.25, -0.2) is 13.6 Å². The Morgan fingerprint density at radius 1 is 1.57 bits per heavy atom. The lowest BCUT2D eigenvalue weighted by Gasteiger charge is -2.09. The predicted octanol–water partition coefficient (Wildman–Crippen LogP) is 1.25. The van der Waals surface area contributed by atoms with Crippen molar-refractivity contribution in [1.82, 2.24) is 0 Å². The molecule has 1 aromatic carbocycles. The second-order valence-electron chi connectivity index (χ2n) is 2.47. The SMILES string of the molecule is COc1c(C(=O)O)cc(F)c(F)c1N. The van der Waals surface area contributed by atoms with Gasteiger partial charge in [-0.05, 0) is 6.07 Å². The van der Waals surface area contributed by atoms with Gasteiger partial charge in [0.15, 0.2) is 17.4 Å². The van der Waals surface area contributed by atoms with Crippen molar-refractivity contribution in [2.24, 2.45) is 0 Å². The largest absolute Gasteiger partial charge is 0.494 e. The molecular formula is C8H7F2NO3. The Morgan fingerprint density at radius 3 is 2.57 bits per heavy atom. The van der Waals surface area contributed by atoms with E-state index >= 15 is 0 Å². The zero-order valence-corrected chi connectivity index (χ0v) is 7.17. The summed E-state index contributed by atoms with van der Waals surface area (Å²) in [6, 6.07) is 0.521. The van der Waals surface area contributed by atoms with Crippen LogP contribution in [0, 0.1) is 11.6 Å². The van der Waals surface area contributed by atoms with Crippen LogP contribution < -0.4 is 10.5 Å². The van der Waals surface area contributed by atoms with E-state index in [-0.39, 0.29) is 5.75 Å². The fraction of sp³-hybridized carbons (Fsp3) is 0.125. The Hall–Kier alpha value is -1.85. The van der Waals surface area contributed by atoms with Gasteiger partial charge in [0.2, 0.25) is 0 Å². The highest BCUT2D eigenvalue weighted by Gasteiger charge is 2.20. The minimum absolute atomic E-state index is 0.378. The van der Waals surface area contributed by atoms with E-state index < -0.39 is 28.9 Å². The number of rotatable bonds is 2. The summed E-state index contributed by atoms with van der Waals surface area (Å²) in [5, 5.41) is 8.61. The van der Waals surface area contributed by atoms with Gasteiger partial charge in [0.25, 0.3) is 0 Å². The molecule has 0 radical (unpaired) electrons. The highest BCUT2D eigenvalue weighted by atomic mass is 19.2. The molecule has 4 nitrogen and oxygen atoms in total. The molecule has 76 valence electrons. The van der Waals surface area contributed by atoms with E-state index in [4.69, 9.17) is 10.8 Å². The van der Waals surface area contributed by atoms with E-state index in [9.17, 15) is 13.6 Å². The van der Waals surface area contributed by atoms with Crippen molar-refractivity contribution in [2.75, 3.05) is 12.8 Å². The predicted molar refractivity (Wildman–Crippen MR) is 44.3 cm³/mol. The molecule has 0 unspecified atom stereocenters. The average molecular weight is 203 g/mol. The monoisotopic (exact) mass is 203 g/mol. The molecule has 0 aliphatic heterocycles. The molecule has 0 aromatic heterocycles. The third kappa shape index (κ3) is 1.46. The van der Waals surface area contributed by atoms with E-state index in [1.807, 2.05) is 0 Å². The Balaban J connectivity index is 3.51. The van der Waals surface area contributed by atoms with E-state index in [0.29, 0.717) is 6.07 Å². The average Bonchev–Trinajstić information content (AvgIpc) is 2.13. The van der Waals surface area contributed by atoms with Crippen molar-refractivity contribution >= 4 is 11.7 Å². The summed E-state index contributed by atoms with van der Waals surface area (Å²) in [6.07, 6.45) is 0. The van der Waals surface area contributed by atoms with E-state index in [2.05, 4.69) is 4.74 Å². The molecule has 0 bridgehead atoms. The molecule has 0 aliphatic rings. The summed E-state index contributed by atoms with van der Waals surface area (Å²) in [5.74, 6) is -4.45. The highest BCUT2D eigenvalue weighted by molar-refractivity contribution is 5.93. The van der Waals surface area contributed by atoms with Crippen LogP contribution in [0.3, 0.4) is 0 Å². The molecule has 0 fully saturated rings. The molecule has 1 rings (SSSR count). The Bertz CT molecular complexity index is 393. The molecule has 0 saturated carbocycles. The van der Waals surface area contributed by atoms with Crippen molar-refractivity contribution in [3.63, 3.8) is 0 Å². The summed E-state index contributed by atoms with van der Waals surface area (Å²) in [6.45, 7) is 0. The molecular weight excluding hydrogens is 196 g/mol. The maximum Gasteiger partial charge on any atom is 0.339 e. The number of ether oxygens (including phenoxy) is 1. The van der Waals surface area contributed by atoms with Gasteiger partial charge in [-0.1, -0.05) is 0 Å². The summed E-state index contributed by atoms with van der Waals surface area (Å²) in [7, 11) is 1.12. The molecule has 0 amide bonds. The van der Waals surface area contributed by atoms with Gasteiger partial charge in [-0.2, -0.15) is 0 Å². The molecule has 0 atom stereocenters. The van der Waals surface area contributed by atoms with Gasteiger partial charge >= 0.3 is 5.97 Å². The number of hydrogen-bond donors (Lipinski definition) is 2. The van der Waals surface area contributed by atoms with Crippen LogP contribution in [-0.2, 0) is 0 Å². The fourth-order valence-electron chi connectivity index (χ4n) is 1.01. The second-order valence-corrected chi connectivity index (χ2v) is 2.47. The lowest BCUT2D eigenvalue weighted by Crippen LogP contribution is -2.07. The first kappa shape index (κ1) is 10.2. The van der Waals surface area contributed by atoms with Crippen molar-refractivity contribution < 1.29 is 23.4 Å². The van der Waals surface area contributed by atoms with Gasteiger partial charge in [-0.15, -0.1) is 0 Å². The molecule has 6 heteroatoms. The van der Waals surface area contributed by atoms with Crippen molar-refractivity contribution in [3.8, 4) is 5.75 Å². The van der Waals surface area contributed by atoms with Crippen LogP contribution in [0.25, 0.3) is 0 Å². The van der Waals surface area contributed by atoms with Gasteiger partial charge in [0.1, 0.15) is 11.3 Å². The van der Waals surface area contributed by atoms with Crippen molar-refractivity contribution in [1.29, 1.82) is 0 Å². The summed E-state index contributed by atoms with van der Waals surface area (Å²) >= 11 is 0. The maximum atomic E-state index is 12.8. The maximum absolute atomic E-state index is 12.8. The third-order valence-corrected chi connectivity index (χ3v) is 1.64. The second kappa shape index (κ2) is 3.49. The van der Waals surface area contributed by atoms with Crippen molar-refractivity contribution in [2.45, 2.75) is 0 Å². The lowest BCUT2D eigenvalue weighted by molar-refractivity contribution is 0.0692. The molecule has 1 aromatic rings. The Labute approximate surface area is 77.9 Å². The Kier molecular flexibility index (Phi) is 2.55. The number of carbonyl (C=O) groups is 1. The van der Waals surface area contributed by atoms with E-state index in [1.54, 1.807) is 0 Å². The molecule has 3 N–H and O–H groups in total. The van der Waals surface area contributed by atoms with Crippen LogP contribution in [0.5, 0.6) is 5.75 Å². The van der Waals surface area contributed by atoms with Gasteiger partial charge in [0.05, 0.1) is 7.11 Å². The molecule has 0 aliphatic carbocycles. The van der Waals surface area contributed by atoms with Crippen LogP contribution in [0.1, 0.15) is 10.4 Å². The number of nitrogens with two attached hydrogens (primary N) is 1. The van der Waals surface area contributed by atoms with Crippen LogP contribution in [0.2, 0.25) is 0 Å². The van der Waals surface area contributed by atoms with Gasteiger partial charge < -0.3 is 15.6 Å². The number of methoxy groups -OCH3 is 1. The number of anilines is 1. The van der Waals surface area contributed by atoms with Crippen molar-refractivity contribution in [3.05, 3.63) is 23.3 Å². The molecule has 0 spiro atoms. The van der Waals surface area contributed by atoms with Gasteiger partial charge in [-0.3, -0.25) is 0 Å². The van der Waals surface area contributed by atoms with E-state index in [1.165, 1.54) is 0 Å². The summed E-state index contributed by atoms with van der Waals surface area (Å²) < 4.78 is 30.2. The first-order valence-corrected chi connectivity index (χ1v) is 3.53. The van der Waals surface area contributed by atoms with E-state index in [0.717, 1.165) is 7.11 Å². The summed E-state index contributed by atoms with van der Waals surface area (Å²) in [4.78, 5) is 10.6. The van der Waals surface area contributed by atoms with Crippen LogP contribution >= 0.6 is 0 Å².